The number of carbonyl (C=O) groups excluding carboxylic acids is 1. The molecule has 0 bridgehead atoms. The van der Waals surface area contributed by atoms with Crippen LogP contribution in [0.5, 0.6) is 0 Å². The molecule has 1 aromatic carbocycles. The van der Waals surface area contributed by atoms with E-state index >= 15 is 0 Å². The fraction of sp³-hybridized carbons (Fsp3) is 0.381. The van der Waals surface area contributed by atoms with Crippen LogP contribution in [0.25, 0.3) is 16.3 Å². The predicted molar refractivity (Wildman–Crippen MR) is 118 cm³/mol. The fourth-order valence-electron chi connectivity index (χ4n) is 3.61. The smallest absolute Gasteiger partial charge is 0.273 e. The number of sulfone groups is 1. The Bertz CT molecular complexity index is 1120. The van der Waals surface area contributed by atoms with Crippen LogP contribution in [-0.4, -0.2) is 58.1 Å². The highest BCUT2D eigenvalue weighted by Crippen LogP contribution is 2.26. The van der Waals surface area contributed by atoms with Gasteiger partial charge in [-0.1, -0.05) is 31.5 Å². The van der Waals surface area contributed by atoms with Crippen molar-refractivity contribution in [1.82, 2.24) is 19.7 Å². The summed E-state index contributed by atoms with van der Waals surface area (Å²) in [4.78, 5) is 19.4. The highest BCUT2D eigenvalue weighted by atomic mass is 32.2. The first-order valence-electron chi connectivity index (χ1n) is 10.0. The van der Waals surface area contributed by atoms with Gasteiger partial charge < -0.3 is 4.90 Å². The molecule has 158 valence electrons. The maximum Gasteiger partial charge on any atom is 0.273 e. The molecule has 7 nitrogen and oxygen atoms in total. The topological polar surface area (TPSA) is 85.2 Å². The van der Waals surface area contributed by atoms with E-state index in [-0.39, 0.29) is 23.5 Å². The Balaban J connectivity index is 1.54. The minimum Gasteiger partial charge on any atom is -0.333 e. The van der Waals surface area contributed by atoms with Gasteiger partial charge in [0.2, 0.25) is 0 Å². The first-order chi connectivity index (χ1) is 14.5. The number of aromatic nitrogens is 3. The number of hydrogen-bond donors (Lipinski definition) is 0. The number of rotatable bonds is 7. The zero-order valence-electron chi connectivity index (χ0n) is 16.8. The highest BCUT2D eigenvalue weighted by Gasteiger charge is 2.35. The van der Waals surface area contributed by atoms with Crippen molar-refractivity contribution in [2.24, 2.45) is 0 Å². The number of thiazole rings is 1. The number of benzene rings is 1. The molecule has 0 radical (unpaired) electrons. The molecule has 1 unspecified atom stereocenters. The van der Waals surface area contributed by atoms with Crippen LogP contribution in [0.15, 0.2) is 48.1 Å². The molecule has 2 aromatic heterocycles. The molecule has 4 rings (SSSR count). The van der Waals surface area contributed by atoms with Crippen molar-refractivity contribution in [2.75, 3.05) is 18.1 Å². The third-order valence-electron chi connectivity index (χ3n) is 5.24. The van der Waals surface area contributed by atoms with Crippen LogP contribution < -0.4 is 0 Å². The van der Waals surface area contributed by atoms with Gasteiger partial charge in [0.1, 0.15) is 10.7 Å². The van der Waals surface area contributed by atoms with E-state index in [0.717, 1.165) is 29.1 Å². The zero-order chi connectivity index (χ0) is 21.1. The number of carbonyl (C=O) groups is 1. The van der Waals surface area contributed by atoms with E-state index in [9.17, 15) is 13.2 Å². The molecule has 1 atom stereocenters. The second-order valence-electron chi connectivity index (χ2n) is 7.46. The van der Waals surface area contributed by atoms with Crippen molar-refractivity contribution in [3.8, 4) is 16.3 Å². The minimum atomic E-state index is -3.07. The van der Waals surface area contributed by atoms with Crippen molar-refractivity contribution in [3.63, 3.8) is 0 Å². The Morgan fingerprint density at radius 2 is 2.10 bits per heavy atom. The van der Waals surface area contributed by atoms with Gasteiger partial charge in [-0.05, 0) is 25.0 Å². The van der Waals surface area contributed by atoms with Crippen molar-refractivity contribution < 1.29 is 13.2 Å². The predicted octanol–water partition coefficient (Wildman–Crippen LogP) is 3.43. The Kier molecular flexibility index (Phi) is 6.01. The molecule has 0 N–H and O–H groups in total. The monoisotopic (exact) mass is 444 g/mol. The molecular formula is C21H24N4O3S2. The summed E-state index contributed by atoms with van der Waals surface area (Å²) in [7, 11) is -3.07. The van der Waals surface area contributed by atoms with Gasteiger partial charge in [-0.2, -0.15) is 5.10 Å². The summed E-state index contributed by atoms with van der Waals surface area (Å²) < 4.78 is 25.6. The summed E-state index contributed by atoms with van der Waals surface area (Å²) in [5.41, 5.74) is 2.15. The van der Waals surface area contributed by atoms with Gasteiger partial charge in [0.15, 0.2) is 9.84 Å². The van der Waals surface area contributed by atoms with Gasteiger partial charge in [-0.15, -0.1) is 11.3 Å². The molecule has 3 heterocycles. The lowest BCUT2D eigenvalue weighted by molar-refractivity contribution is 0.0689. The van der Waals surface area contributed by atoms with E-state index in [1.54, 1.807) is 21.2 Å². The average Bonchev–Trinajstić information content (AvgIpc) is 3.48. The molecule has 1 aliphatic rings. The molecule has 0 aliphatic carbocycles. The summed E-state index contributed by atoms with van der Waals surface area (Å²) in [5, 5.41) is 6.86. The number of hydrogen-bond acceptors (Lipinski definition) is 6. The van der Waals surface area contributed by atoms with E-state index in [4.69, 9.17) is 0 Å². The number of unbranched alkanes of at least 4 members (excludes halogenated alkanes) is 1. The van der Waals surface area contributed by atoms with Gasteiger partial charge in [-0.3, -0.25) is 4.79 Å². The van der Waals surface area contributed by atoms with Gasteiger partial charge >= 0.3 is 0 Å². The first kappa shape index (κ1) is 20.7. The second kappa shape index (κ2) is 8.69. The molecular weight excluding hydrogens is 420 g/mol. The van der Waals surface area contributed by atoms with Crippen LogP contribution >= 0.6 is 11.3 Å². The molecule has 1 fully saturated rings. The van der Waals surface area contributed by atoms with Gasteiger partial charge in [0, 0.05) is 29.7 Å². The largest absolute Gasteiger partial charge is 0.333 e. The Morgan fingerprint density at radius 1 is 1.30 bits per heavy atom. The lowest BCUT2D eigenvalue weighted by atomic mass is 10.2. The Morgan fingerprint density at radius 3 is 2.80 bits per heavy atom. The molecule has 0 saturated carbocycles. The second-order valence-corrected chi connectivity index (χ2v) is 10.5. The number of para-hydroxylation sites is 1. The molecule has 1 aliphatic heterocycles. The summed E-state index contributed by atoms with van der Waals surface area (Å²) in [6.07, 6.45) is 5.89. The first-order valence-corrected chi connectivity index (χ1v) is 12.7. The average molecular weight is 445 g/mol. The van der Waals surface area contributed by atoms with Gasteiger partial charge in [0.25, 0.3) is 5.91 Å². The van der Waals surface area contributed by atoms with Gasteiger partial charge in [0.05, 0.1) is 23.4 Å². The lowest BCUT2D eigenvalue weighted by Crippen LogP contribution is -2.42. The van der Waals surface area contributed by atoms with Crippen molar-refractivity contribution in [2.45, 2.75) is 32.2 Å². The van der Waals surface area contributed by atoms with E-state index in [2.05, 4.69) is 17.0 Å². The molecule has 0 spiro atoms. The van der Waals surface area contributed by atoms with Crippen LogP contribution in [0.1, 0.15) is 36.7 Å². The minimum absolute atomic E-state index is 0.0449. The van der Waals surface area contributed by atoms with Gasteiger partial charge in [-0.25, -0.2) is 18.1 Å². The van der Waals surface area contributed by atoms with E-state index < -0.39 is 9.84 Å². The molecule has 9 heteroatoms. The third-order valence-corrected chi connectivity index (χ3v) is 7.88. The SMILES string of the molecule is CCCCN(C(=O)c1csc(-c2cnn(-c3ccccc3)c2)n1)C1CCS(=O)(=O)C1. The normalized spacial score (nSPS) is 17.8. The van der Waals surface area contributed by atoms with Crippen LogP contribution in [0.3, 0.4) is 0 Å². The zero-order valence-corrected chi connectivity index (χ0v) is 18.4. The van der Waals surface area contributed by atoms with E-state index in [1.165, 1.54) is 11.3 Å². The van der Waals surface area contributed by atoms with Crippen LogP contribution in [0.4, 0.5) is 0 Å². The van der Waals surface area contributed by atoms with E-state index in [0.29, 0.717) is 18.7 Å². The Hall–Kier alpha value is -2.52. The van der Waals surface area contributed by atoms with E-state index in [1.807, 2.05) is 36.5 Å². The van der Waals surface area contributed by atoms with Crippen LogP contribution in [0, 0.1) is 0 Å². The molecule has 3 aromatic rings. The lowest BCUT2D eigenvalue weighted by Gasteiger charge is -2.27. The van der Waals surface area contributed by atoms with Crippen LogP contribution in [0.2, 0.25) is 0 Å². The molecule has 1 amide bonds. The van der Waals surface area contributed by atoms with Crippen molar-refractivity contribution in [1.29, 1.82) is 0 Å². The summed E-state index contributed by atoms with van der Waals surface area (Å²) in [5.74, 6) is 0.00111. The van der Waals surface area contributed by atoms with Crippen LogP contribution in [-0.2, 0) is 9.84 Å². The molecule has 1 saturated heterocycles. The molecule has 30 heavy (non-hydrogen) atoms. The highest BCUT2D eigenvalue weighted by molar-refractivity contribution is 7.91. The standard InChI is InChI=1S/C21H24N4O3S2/c1-2-3-10-24(18-9-11-30(27,28)15-18)21(26)19-14-29-20(23-19)16-12-22-25(13-16)17-7-5-4-6-8-17/h4-8,12-14,18H,2-3,9-11,15H2,1H3. The maximum absolute atomic E-state index is 13.2. The Labute approximate surface area is 180 Å². The summed E-state index contributed by atoms with van der Waals surface area (Å²) in [6, 6.07) is 9.52. The van der Waals surface area contributed by atoms with Crippen molar-refractivity contribution >= 4 is 27.1 Å². The summed E-state index contributed by atoms with van der Waals surface area (Å²) >= 11 is 1.39. The number of amides is 1. The quantitative estimate of drug-likeness (QED) is 0.557. The number of nitrogens with zero attached hydrogens (tertiary/aromatic N) is 4. The summed E-state index contributed by atoms with van der Waals surface area (Å²) in [6.45, 7) is 2.60. The fourth-order valence-corrected chi connectivity index (χ4v) is 6.11. The maximum atomic E-state index is 13.2. The third kappa shape index (κ3) is 4.46. The van der Waals surface area contributed by atoms with Crippen molar-refractivity contribution in [3.05, 3.63) is 53.8 Å².